The molecule has 1 heterocycles. The fraction of sp³-hybridized carbons (Fsp3) is 0.0435. The van der Waals surface area contributed by atoms with Crippen molar-refractivity contribution in [3.63, 3.8) is 0 Å². The number of rotatable bonds is 5. The van der Waals surface area contributed by atoms with E-state index in [1.165, 1.54) is 11.6 Å². The van der Waals surface area contributed by atoms with Gasteiger partial charge in [-0.25, -0.2) is 0 Å². The molecule has 0 saturated carbocycles. The quantitative estimate of drug-likeness (QED) is 0.447. The molecule has 0 amide bonds. The third-order valence-electron chi connectivity index (χ3n) is 3.99. The topological polar surface area (TPSA) is 36.7 Å². The Morgan fingerprint density at radius 2 is 1.56 bits per heavy atom. The van der Waals surface area contributed by atoms with Crippen LogP contribution in [0.2, 0.25) is 0 Å². The summed E-state index contributed by atoms with van der Waals surface area (Å²) in [5, 5.41) is 8.57. The van der Waals surface area contributed by atoms with E-state index in [-0.39, 0.29) is 0 Å². The smallest absolute Gasteiger partial charge is 0.0912 e. The summed E-state index contributed by atoms with van der Waals surface area (Å²) < 4.78 is 0. The summed E-state index contributed by atoms with van der Waals surface area (Å²) in [5.74, 6) is 0. The van der Waals surface area contributed by atoms with Crippen molar-refractivity contribution in [2.24, 2.45) is 0 Å². The fourth-order valence-electron chi connectivity index (χ4n) is 2.63. The van der Waals surface area contributed by atoms with Gasteiger partial charge >= 0.3 is 0 Å². The molecule has 0 fully saturated rings. The number of benzene rings is 2. The van der Waals surface area contributed by atoms with Crippen LogP contribution in [0.1, 0.15) is 11.1 Å². The Morgan fingerprint density at radius 1 is 0.880 bits per heavy atom. The van der Waals surface area contributed by atoms with E-state index < -0.39 is 0 Å². The second-order valence-electron chi connectivity index (χ2n) is 5.71. The Labute approximate surface area is 148 Å². The molecule has 0 spiro atoms. The van der Waals surface area contributed by atoms with E-state index in [2.05, 4.69) is 41.9 Å². The molecule has 0 bridgehead atoms. The number of nitriles is 1. The van der Waals surface area contributed by atoms with E-state index in [1.807, 2.05) is 48.7 Å². The van der Waals surface area contributed by atoms with Crippen LogP contribution in [0.3, 0.4) is 0 Å². The SMILES string of the molecule is C=CCc1ccc(-c2ccc(-c3ccc(C=CC#N)cc3)nc2)cc1. The van der Waals surface area contributed by atoms with Crippen LogP contribution in [0.5, 0.6) is 0 Å². The molecule has 2 nitrogen and oxygen atoms in total. The van der Waals surface area contributed by atoms with E-state index in [0.29, 0.717) is 0 Å². The van der Waals surface area contributed by atoms with Gasteiger partial charge in [-0.15, -0.1) is 6.58 Å². The van der Waals surface area contributed by atoms with E-state index in [9.17, 15) is 0 Å². The number of hydrogen-bond acceptors (Lipinski definition) is 2. The van der Waals surface area contributed by atoms with Gasteiger partial charge in [-0.05, 0) is 35.3 Å². The maximum Gasteiger partial charge on any atom is 0.0912 e. The number of pyridine rings is 1. The summed E-state index contributed by atoms with van der Waals surface area (Å²) in [6.45, 7) is 3.77. The van der Waals surface area contributed by atoms with Gasteiger partial charge in [0.2, 0.25) is 0 Å². The second kappa shape index (κ2) is 7.90. The van der Waals surface area contributed by atoms with Crippen LogP contribution in [0, 0.1) is 11.3 Å². The highest BCUT2D eigenvalue weighted by molar-refractivity contribution is 5.68. The van der Waals surface area contributed by atoms with Crippen molar-refractivity contribution in [2.75, 3.05) is 0 Å². The zero-order valence-electron chi connectivity index (χ0n) is 13.9. The Balaban J connectivity index is 1.78. The number of nitrogens with zero attached hydrogens (tertiary/aromatic N) is 2. The van der Waals surface area contributed by atoms with Crippen molar-refractivity contribution in [2.45, 2.75) is 6.42 Å². The molecule has 1 aromatic heterocycles. The average molecular weight is 322 g/mol. The van der Waals surface area contributed by atoms with E-state index >= 15 is 0 Å². The van der Waals surface area contributed by atoms with Crippen LogP contribution in [0.25, 0.3) is 28.5 Å². The van der Waals surface area contributed by atoms with Gasteiger partial charge in [0.1, 0.15) is 0 Å². The molecule has 0 N–H and O–H groups in total. The Hall–Kier alpha value is -3.44. The van der Waals surface area contributed by atoms with Crippen LogP contribution < -0.4 is 0 Å². The number of aromatic nitrogens is 1. The molecule has 2 heteroatoms. The van der Waals surface area contributed by atoms with Crippen LogP contribution in [0.15, 0.2) is 85.6 Å². The fourth-order valence-corrected chi connectivity index (χ4v) is 2.63. The van der Waals surface area contributed by atoms with Gasteiger partial charge in [-0.1, -0.05) is 60.7 Å². The van der Waals surface area contributed by atoms with Crippen molar-refractivity contribution in [3.05, 3.63) is 96.7 Å². The summed E-state index contributed by atoms with van der Waals surface area (Å²) in [7, 11) is 0. The number of allylic oxidation sites excluding steroid dienone is 2. The standard InChI is InChI=1S/C23H18N2/c1-2-4-18-6-10-20(11-7-18)22-14-15-23(25-17-22)21-12-8-19(9-13-21)5-3-16-24/h2-3,5-15,17H,1,4H2. The highest BCUT2D eigenvalue weighted by Crippen LogP contribution is 2.23. The molecule has 0 aliphatic carbocycles. The first kappa shape index (κ1) is 16.4. The van der Waals surface area contributed by atoms with Gasteiger partial charge < -0.3 is 0 Å². The minimum atomic E-state index is 0.886. The molecule has 0 aliphatic heterocycles. The minimum Gasteiger partial charge on any atom is -0.256 e. The second-order valence-corrected chi connectivity index (χ2v) is 5.71. The van der Waals surface area contributed by atoms with Gasteiger partial charge in [0.15, 0.2) is 0 Å². The highest BCUT2D eigenvalue weighted by Gasteiger charge is 2.02. The molecule has 3 aromatic rings. The molecule has 0 aliphatic rings. The zero-order chi connectivity index (χ0) is 17.5. The normalized spacial score (nSPS) is 10.5. The summed E-state index contributed by atoms with van der Waals surface area (Å²) in [6, 6.07) is 22.6. The van der Waals surface area contributed by atoms with Crippen LogP contribution >= 0.6 is 0 Å². The third-order valence-corrected chi connectivity index (χ3v) is 3.99. The van der Waals surface area contributed by atoms with Gasteiger partial charge in [-0.3, -0.25) is 4.98 Å². The van der Waals surface area contributed by atoms with Crippen LogP contribution in [-0.4, -0.2) is 4.98 Å². The summed E-state index contributed by atoms with van der Waals surface area (Å²) >= 11 is 0. The molecule has 0 saturated heterocycles. The van der Waals surface area contributed by atoms with Crippen LogP contribution in [0.4, 0.5) is 0 Å². The van der Waals surface area contributed by atoms with Crippen molar-refractivity contribution in [1.82, 2.24) is 4.98 Å². The first-order valence-corrected chi connectivity index (χ1v) is 8.13. The minimum absolute atomic E-state index is 0.886. The third kappa shape index (κ3) is 4.10. The van der Waals surface area contributed by atoms with E-state index in [1.54, 1.807) is 6.08 Å². The Bertz CT molecular complexity index is 910. The predicted molar refractivity (Wildman–Crippen MR) is 104 cm³/mol. The van der Waals surface area contributed by atoms with Gasteiger partial charge in [0.25, 0.3) is 0 Å². The monoisotopic (exact) mass is 322 g/mol. The maximum atomic E-state index is 8.57. The molecule has 3 rings (SSSR count). The molecule has 0 radical (unpaired) electrons. The molecular formula is C23H18N2. The van der Waals surface area contributed by atoms with Crippen molar-refractivity contribution in [3.8, 4) is 28.5 Å². The molecule has 25 heavy (non-hydrogen) atoms. The molecule has 0 unspecified atom stereocenters. The lowest BCUT2D eigenvalue weighted by Crippen LogP contribution is -1.86. The van der Waals surface area contributed by atoms with E-state index in [0.717, 1.165) is 34.4 Å². The Morgan fingerprint density at radius 3 is 2.16 bits per heavy atom. The van der Waals surface area contributed by atoms with Crippen molar-refractivity contribution < 1.29 is 0 Å². The predicted octanol–water partition coefficient (Wildman–Crippen LogP) is 5.68. The average Bonchev–Trinajstić information content (AvgIpc) is 2.68. The molecule has 120 valence electrons. The number of hydrogen-bond donors (Lipinski definition) is 0. The van der Waals surface area contributed by atoms with Crippen molar-refractivity contribution >= 4 is 6.08 Å². The summed E-state index contributed by atoms with van der Waals surface area (Å²) in [5.41, 5.74) is 6.51. The summed E-state index contributed by atoms with van der Waals surface area (Å²) in [6.07, 6.45) is 7.96. The molecule has 0 atom stereocenters. The molecule has 2 aromatic carbocycles. The highest BCUT2D eigenvalue weighted by atomic mass is 14.7. The van der Waals surface area contributed by atoms with Gasteiger partial charge in [0, 0.05) is 23.4 Å². The van der Waals surface area contributed by atoms with Gasteiger partial charge in [0.05, 0.1) is 11.8 Å². The maximum absolute atomic E-state index is 8.57. The zero-order valence-corrected chi connectivity index (χ0v) is 13.9. The lowest BCUT2D eigenvalue weighted by molar-refractivity contribution is 1.27. The molecular weight excluding hydrogens is 304 g/mol. The largest absolute Gasteiger partial charge is 0.256 e. The first-order chi connectivity index (χ1) is 12.3. The van der Waals surface area contributed by atoms with E-state index in [4.69, 9.17) is 5.26 Å². The first-order valence-electron chi connectivity index (χ1n) is 8.13. The Kier molecular flexibility index (Phi) is 5.19. The summed E-state index contributed by atoms with van der Waals surface area (Å²) in [4.78, 5) is 4.59. The van der Waals surface area contributed by atoms with Crippen molar-refractivity contribution in [1.29, 1.82) is 5.26 Å². The van der Waals surface area contributed by atoms with Gasteiger partial charge in [-0.2, -0.15) is 5.26 Å². The lowest BCUT2D eigenvalue weighted by atomic mass is 10.0. The van der Waals surface area contributed by atoms with Crippen LogP contribution in [-0.2, 0) is 6.42 Å². The lowest BCUT2D eigenvalue weighted by Gasteiger charge is -2.05.